The summed E-state index contributed by atoms with van der Waals surface area (Å²) in [4.78, 5) is 14.0. The Hall–Kier alpha value is -2.40. The number of hydrogen-bond acceptors (Lipinski definition) is 3. The first kappa shape index (κ1) is 16.5. The van der Waals surface area contributed by atoms with E-state index in [1.807, 2.05) is 37.3 Å². The van der Waals surface area contributed by atoms with Gasteiger partial charge in [0.25, 0.3) is 0 Å². The van der Waals surface area contributed by atoms with E-state index in [1.165, 1.54) is 12.1 Å². The number of hydrogen-bond donors (Lipinski definition) is 0. The standard InChI is InChI=1S/C19H20FNO3/c1-14-11-21(19(22)23-13-15-5-3-2-4-6-15)12-18(24-14)16-7-9-17(20)10-8-16/h2-10,14,18H,11-13H2,1H3. The summed E-state index contributed by atoms with van der Waals surface area (Å²) in [5, 5.41) is 0. The molecule has 126 valence electrons. The van der Waals surface area contributed by atoms with E-state index < -0.39 is 0 Å². The minimum Gasteiger partial charge on any atom is -0.445 e. The number of carbonyl (C=O) groups is 1. The number of benzene rings is 2. The maximum Gasteiger partial charge on any atom is 0.410 e. The maximum atomic E-state index is 13.1. The molecule has 0 aromatic heterocycles. The van der Waals surface area contributed by atoms with Gasteiger partial charge in [0.1, 0.15) is 18.5 Å². The third-order valence-electron chi connectivity index (χ3n) is 3.97. The molecule has 4 nitrogen and oxygen atoms in total. The maximum absolute atomic E-state index is 13.1. The SMILES string of the molecule is CC1CN(C(=O)OCc2ccccc2)CC(c2ccc(F)cc2)O1. The summed E-state index contributed by atoms with van der Waals surface area (Å²) in [5.41, 5.74) is 1.80. The van der Waals surface area contributed by atoms with Crippen LogP contribution in [0.3, 0.4) is 0 Å². The molecule has 1 aliphatic rings. The molecular formula is C19H20FNO3. The second-order valence-electron chi connectivity index (χ2n) is 5.93. The average molecular weight is 329 g/mol. The molecule has 24 heavy (non-hydrogen) atoms. The lowest BCUT2D eigenvalue weighted by molar-refractivity contribution is -0.0747. The summed E-state index contributed by atoms with van der Waals surface area (Å²) in [6, 6.07) is 15.7. The molecule has 2 unspecified atom stereocenters. The molecule has 1 amide bonds. The lowest BCUT2D eigenvalue weighted by Crippen LogP contribution is -2.46. The molecule has 0 aliphatic carbocycles. The van der Waals surface area contributed by atoms with E-state index >= 15 is 0 Å². The van der Waals surface area contributed by atoms with E-state index in [4.69, 9.17) is 9.47 Å². The van der Waals surface area contributed by atoms with Crippen molar-refractivity contribution in [2.24, 2.45) is 0 Å². The smallest absolute Gasteiger partial charge is 0.410 e. The molecule has 2 atom stereocenters. The molecule has 0 bridgehead atoms. The van der Waals surface area contributed by atoms with Crippen LogP contribution in [0.25, 0.3) is 0 Å². The van der Waals surface area contributed by atoms with Crippen LogP contribution < -0.4 is 0 Å². The van der Waals surface area contributed by atoms with Crippen LogP contribution in [0.1, 0.15) is 24.2 Å². The van der Waals surface area contributed by atoms with Gasteiger partial charge >= 0.3 is 6.09 Å². The van der Waals surface area contributed by atoms with Gasteiger partial charge in [-0.25, -0.2) is 9.18 Å². The Balaban J connectivity index is 1.62. The second-order valence-corrected chi connectivity index (χ2v) is 5.93. The van der Waals surface area contributed by atoms with E-state index in [-0.39, 0.29) is 30.7 Å². The highest BCUT2D eigenvalue weighted by atomic mass is 19.1. The number of carbonyl (C=O) groups excluding carboxylic acids is 1. The van der Waals surface area contributed by atoms with Crippen LogP contribution in [0, 0.1) is 5.82 Å². The van der Waals surface area contributed by atoms with Gasteiger partial charge in [-0.05, 0) is 30.2 Å². The number of amides is 1. The lowest BCUT2D eigenvalue weighted by Gasteiger charge is -2.36. The van der Waals surface area contributed by atoms with Crippen molar-refractivity contribution in [3.05, 3.63) is 71.5 Å². The van der Waals surface area contributed by atoms with Crippen LogP contribution in [0.5, 0.6) is 0 Å². The van der Waals surface area contributed by atoms with Crippen molar-refractivity contribution in [3.8, 4) is 0 Å². The molecule has 1 heterocycles. The van der Waals surface area contributed by atoms with Crippen molar-refractivity contribution in [1.82, 2.24) is 4.90 Å². The molecule has 0 N–H and O–H groups in total. The predicted molar refractivity (Wildman–Crippen MR) is 87.9 cm³/mol. The van der Waals surface area contributed by atoms with Gasteiger partial charge in [-0.3, -0.25) is 0 Å². The zero-order chi connectivity index (χ0) is 16.9. The zero-order valence-corrected chi connectivity index (χ0v) is 13.5. The van der Waals surface area contributed by atoms with Crippen LogP contribution >= 0.6 is 0 Å². The minimum absolute atomic E-state index is 0.113. The van der Waals surface area contributed by atoms with Gasteiger partial charge in [-0.2, -0.15) is 0 Å². The van der Waals surface area contributed by atoms with Gasteiger partial charge in [0, 0.05) is 0 Å². The highest BCUT2D eigenvalue weighted by Gasteiger charge is 2.30. The molecule has 1 aliphatic heterocycles. The second kappa shape index (κ2) is 7.45. The minimum atomic E-state index is -0.360. The summed E-state index contributed by atoms with van der Waals surface area (Å²) in [7, 11) is 0. The van der Waals surface area contributed by atoms with E-state index in [0.29, 0.717) is 13.1 Å². The molecule has 0 saturated carbocycles. The summed E-state index contributed by atoms with van der Waals surface area (Å²) in [6.07, 6.45) is -0.752. The topological polar surface area (TPSA) is 38.8 Å². The van der Waals surface area contributed by atoms with Crippen LogP contribution in [0.15, 0.2) is 54.6 Å². The highest BCUT2D eigenvalue weighted by Crippen LogP contribution is 2.26. The van der Waals surface area contributed by atoms with Gasteiger partial charge in [-0.1, -0.05) is 42.5 Å². The fourth-order valence-electron chi connectivity index (χ4n) is 2.77. The van der Waals surface area contributed by atoms with E-state index in [2.05, 4.69) is 0 Å². The van der Waals surface area contributed by atoms with Crippen molar-refractivity contribution in [2.45, 2.75) is 25.7 Å². The van der Waals surface area contributed by atoms with Gasteiger partial charge in [0.15, 0.2) is 0 Å². The van der Waals surface area contributed by atoms with Crippen LogP contribution in [0.2, 0.25) is 0 Å². The van der Waals surface area contributed by atoms with Crippen LogP contribution in [-0.4, -0.2) is 30.2 Å². The summed E-state index contributed by atoms with van der Waals surface area (Å²) in [6.45, 7) is 3.02. The summed E-state index contributed by atoms with van der Waals surface area (Å²) >= 11 is 0. The Labute approximate surface area is 140 Å². The molecule has 0 spiro atoms. The van der Waals surface area contributed by atoms with Crippen molar-refractivity contribution in [2.75, 3.05) is 13.1 Å². The molecule has 3 rings (SSSR count). The quantitative estimate of drug-likeness (QED) is 0.856. The molecule has 5 heteroatoms. The third-order valence-corrected chi connectivity index (χ3v) is 3.97. The normalized spacial score (nSPS) is 20.7. The lowest BCUT2D eigenvalue weighted by atomic mass is 10.1. The van der Waals surface area contributed by atoms with Gasteiger partial charge < -0.3 is 14.4 Å². The van der Waals surface area contributed by atoms with Gasteiger partial charge in [0.2, 0.25) is 0 Å². The predicted octanol–water partition coefficient (Wildman–Crippen LogP) is 3.92. The van der Waals surface area contributed by atoms with Crippen LogP contribution in [0.4, 0.5) is 9.18 Å². The van der Waals surface area contributed by atoms with Crippen molar-refractivity contribution < 1.29 is 18.7 Å². The fourth-order valence-corrected chi connectivity index (χ4v) is 2.77. The van der Waals surface area contributed by atoms with Crippen LogP contribution in [-0.2, 0) is 16.1 Å². The first-order valence-electron chi connectivity index (χ1n) is 7.98. The Morgan fingerprint density at radius 2 is 1.88 bits per heavy atom. The molecule has 2 aromatic rings. The Morgan fingerprint density at radius 3 is 2.58 bits per heavy atom. The van der Waals surface area contributed by atoms with Crippen molar-refractivity contribution in [3.63, 3.8) is 0 Å². The molecule has 2 aromatic carbocycles. The molecule has 1 saturated heterocycles. The average Bonchev–Trinajstić information content (AvgIpc) is 2.60. The largest absolute Gasteiger partial charge is 0.445 e. The number of halogens is 1. The monoisotopic (exact) mass is 329 g/mol. The Kier molecular flexibility index (Phi) is 5.11. The zero-order valence-electron chi connectivity index (χ0n) is 13.5. The molecule has 1 fully saturated rings. The number of rotatable bonds is 3. The first-order valence-corrected chi connectivity index (χ1v) is 7.98. The Bertz CT molecular complexity index is 675. The van der Waals surface area contributed by atoms with Crippen molar-refractivity contribution >= 4 is 6.09 Å². The van der Waals surface area contributed by atoms with E-state index in [1.54, 1.807) is 17.0 Å². The van der Waals surface area contributed by atoms with Gasteiger partial charge in [0.05, 0.1) is 19.2 Å². The summed E-state index contributed by atoms with van der Waals surface area (Å²) < 4.78 is 24.3. The first-order chi connectivity index (χ1) is 11.6. The number of nitrogens with zero attached hydrogens (tertiary/aromatic N) is 1. The molecular weight excluding hydrogens is 309 g/mol. The van der Waals surface area contributed by atoms with E-state index in [9.17, 15) is 9.18 Å². The highest BCUT2D eigenvalue weighted by molar-refractivity contribution is 5.68. The molecule has 0 radical (unpaired) electrons. The van der Waals surface area contributed by atoms with Gasteiger partial charge in [-0.15, -0.1) is 0 Å². The fraction of sp³-hybridized carbons (Fsp3) is 0.316. The Morgan fingerprint density at radius 1 is 1.17 bits per heavy atom. The third kappa shape index (κ3) is 4.11. The summed E-state index contributed by atoms with van der Waals surface area (Å²) in [5.74, 6) is -0.290. The van der Waals surface area contributed by atoms with E-state index in [0.717, 1.165) is 11.1 Å². The van der Waals surface area contributed by atoms with Crippen molar-refractivity contribution in [1.29, 1.82) is 0 Å². The number of morpholine rings is 1. The number of ether oxygens (including phenoxy) is 2.